The van der Waals surface area contributed by atoms with Crippen molar-refractivity contribution in [3.8, 4) is 11.5 Å². The number of amides is 1. The van der Waals surface area contributed by atoms with Gasteiger partial charge in [0.15, 0.2) is 0 Å². The second-order valence-corrected chi connectivity index (χ2v) is 6.21. The Labute approximate surface area is 165 Å². The van der Waals surface area contributed by atoms with Crippen LogP contribution in [0.3, 0.4) is 0 Å². The van der Waals surface area contributed by atoms with Crippen molar-refractivity contribution in [2.75, 3.05) is 30.9 Å². The quantitative estimate of drug-likeness (QED) is 0.582. The Morgan fingerprint density at radius 3 is 2.54 bits per heavy atom. The van der Waals surface area contributed by atoms with Gasteiger partial charge in [-0.05, 0) is 29.8 Å². The molecular weight excluding hydrogens is 352 g/mol. The molecule has 5 heteroatoms. The van der Waals surface area contributed by atoms with E-state index in [2.05, 4.69) is 22.8 Å². The molecule has 0 saturated carbocycles. The van der Waals surface area contributed by atoms with Crippen molar-refractivity contribution >= 4 is 17.3 Å². The van der Waals surface area contributed by atoms with Crippen LogP contribution in [0.5, 0.6) is 11.5 Å². The third-order valence-corrected chi connectivity index (χ3v) is 4.17. The Kier molecular flexibility index (Phi) is 6.90. The Bertz CT molecular complexity index is 897. The summed E-state index contributed by atoms with van der Waals surface area (Å²) in [6, 6.07) is 25.1. The molecule has 0 aliphatic carbocycles. The van der Waals surface area contributed by atoms with Crippen LogP contribution in [0.2, 0.25) is 0 Å². The molecule has 3 rings (SSSR count). The van der Waals surface area contributed by atoms with E-state index >= 15 is 0 Å². The van der Waals surface area contributed by atoms with Crippen LogP contribution in [-0.2, 0) is 11.2 Å². The summed E-state index contributed by atoms with van der Waals surface area (Å²) in [4.78, 5) is 12.2. The van der Waals surface area contributed by atoms with E-state index in [1.165, 1.54) is 5.56 Å². The van der Waals surface area contributed by atoms with E-state index in [1.54, 1.807) is 19.2 Å². The lowest BCUT2D eigenvalue weighted by Crippen LogP contribution is -2.22. The minimum absolute atomic E-state index is 0.144. The first-order chi connectivity index (χ1) is 13.7. The van der Waals surface area contributed by atoms with Gasteiger partial charge in [0.05, 0.1) is 25.9 Å². The van der Waals surface area contributed by atoms with E-state index in [0.717, 1.165) is 17.9 Å². The van der Waals surface area contributed by atoms with Crippen LogP contribution < -0.4 is 20.1 Å². The molecule has 0 bridgehead atoms. The zero-order valence-corrected chi connectivity index (χ0v) is 15.9. The van der Waals surface area contributed by atoms with Gasteiger partial charge in [0, 0.05) is 18.2 Å². The van der Waals surface area contributed by atoms with Gasteiger partial charge in [0.25, 0.3) is 0 Å². The minimum atomic E-state index is -0.153. The molecule has 0 radical (unpaired) electrons. The first kappa shape index (κ1) is 19.3. The minimum Gasteiger partial charge on any atom is -0.495 e. The molecule has 5 nitrogen and oxygen atoms in total. The van der Waals surface area contributed by atoms with Gasteiger partial charge < -0.3 is 20.1 Å². The van der Waals surface area contributed by atoms with Gasteiger partial charge in [0.1, 0.15) is 11.5 Å². The van der Waals surface area contributed by atoms with Gasteiger partial charge in [-0.1, -0.05) is 48.5 Å². The van der Waals surface area contributed by atoms with Gasteiger partial charge in [0.2, 0.25) is 5.91 Å². The van der Waals surface area contributed by atoms with E-state index in [9.17, 15) is 4.79 Å². The summed E-state index contributed by atoms with van der Waals surface area (Å²) in [6.45, 7) is 0.743. The van der Waals surface area contributed by atoms with E-state index in [4.69, 9.17) is 9.47 Å². The third kappa shape index (κ3) is 5.77. The predicted octanol–water partition coefficient (Wildman–Crippen LogP) is 4.37. The van der Waals surface area contributed by atoms with Gasteiger partial charge in [-0.3, -0.25) is 4.79 Å². The Balaban J connectivity index is 1.48. The average Bonchev–Trinajstić information content (AvgIpc) is 2.74. The number of anilines is 2. The highest BCUT2D eigenvalue weighted by molar-refractivity contribution is 5.95. The van der Waals surface area contributed by atoms with Crippen molar-refractivity contribution in [1.29, 1.82) is 0 Å². The molecular formula is C23H24N2O3. The highest BCUT2D eigenvalue weighted by Gasteiger charge is 2.07. The molecule has 0 unspecified atom stereocenters. The zero-order valence-electron chi connectivity index (χ0n) is 15.9. The lowest BCUT2D eigenvalue weighted by molar-refractivity contribution is -0.114. The molecule has 2 N–H and O–H groups in total. The Morgan fingerprint density at radius 1 is 0.929 bits per heavy atom. The van der Waals surface area contributed by atoms with Crippen molar-refractivity contribution in [2.45, 2.75) is 6.42 Å². The molecule has 0 saturated heterocycles. The number of para-hydroxylation sites is 2. The number of rotatable bonds is 9. The highest BCUT2D eigenvalue weighted by Crippen LogP contribution is 2.23. The number of hydrogen-bond acceptors (Lipinski definition) is 4. The Morgan fingerprint density at radius 2 is 1.71 bits per heavy atom. The second-order valence-electron chi connectivity index (χ2n) is 6.21. The van der Waals surface area contributed by atoms with Crippen LogP contribution in [0.4, 0.5) is 11.4 Å². The van der Waals surface area contributed by atoms with Crippen LogP contribution in [0.25, 0.3) is 0 Å². The van der Waals surface area contributed by atoms with Crippen LogP contribution in [-0.4, -0.2) is 26.2 Å². The summed E-state index contributed by atoms with van der Waals surface area (Å²) in [7, 11) is 1.58. The fourth-order valence-electron chi connectivity index (χ4n) is 2.75. The van der Waals surface area contributed by atoms with Crippen molar-refractivity contribution in [1.82, 2.24) is 0 Å². The average molecular weight is 376 g/mol. The number of methoxy groups -OCH3 is 1. The normalized spacial score (nSPS) is 10.2. The van der Waals surface area contributed by atoms with Crippen LogP contribution in [0.1, 0.15) is 5.56 Å². The van der Waals surface area contributed by atoms with Crippen LogP contribution in [0, 0.1) is 0 Å². The molecule has 0 spiro atoms. The standard InChI is InChI=1S/C23H24N2O3/c1-27-22-13-6-5-12-21(22)25-23(26)17-24-19-10-7-11-20(16-19)28-15-14-18-8-3-2-4-9-18/h2-13,16,24H,14-15,17H2,1H3,(H,25,26). The Hall–Kier alpha value is -3.47. The molecule has 0 aromatic heterocycles. The summed E-state index contributed by atoms with van der Waals surface area (Å²) in [6.07, 6.45) is 0.847. The van der Waals surface area contributed by atoms with E-state index in [1.807, 2.05) is 54.6 Å². The second kappa shape index (κ2) is 10.0. The van der Waals surface area contributed by atoms with E-state index < -0.39 is 0 Å². The lowest BCUT2D eigenvalue weighted by Gasteiger charge is -2.12. The molecule has 1 amide bonds. The highest BCUT2D eigenvalue weighted by atomic mass is 16.5. The van der Waals surface area contributed by atoms with Crippen LogP contribution in [0.15, 0.2) is 78.9 Å². The topological polar surface area (TPSA) is 59.6 Å². The number of carbonyl (C=O) groups is 1. The number of benzene rings is 3. The van der Waals surface area contributed by atoms with E-state index in [-0.39, 0.29) is 12.5 Å². The molecule has 0 heterocycles. The maximum atomic E-state index is 12.2. The lowest BCUT2D eigenvalue weighted by atomic mass is 10.2. The third-order valence-electron chi connectivity index (χ3n) is 4.17. The first-order valence-electron chi connectivity index (χ1n) is 9.18. The smallest absolute Gasteiger partial charge is 0.243 e. The van der Waals surface area contributed by atoms with Crippen molar-refractivity contribution in [3.05, 3.63) is 84.4 Å². The van der Waals surface area contributed by atoms with Crippen molar-refractivity contribution < 1.29 is 14.3 Å². The summed E-state index contributed by atoms with van der Waals surface area (Å²) in [5.74, 6) is 1.25. The van der Waals surface area contributed by atoms with Gasteiger partial charge in [-0.25, -0.2) is 0 Å². The van der Waals surface area contributed by atoms with Crippen molar-refractivity contribution in [3.63, 3.8) is 0 Å². The SMILES string of the molecule is COc1ccccc1NC(=O)CNc1cccc(OCCc2ccccc2)c1. The fourth-order valence-corrected chi connectivity index (χ4v) is 2.75. The monoisotopic (exact) mass is 376 g/mol. The summed E-state index contributed by atoms with van der Waals surface area (Å²) in [5.41, 5.74) is 2.71. The summed E-state index contributed by atoms with van der Waals surface area (Å²) >= 11 is 0. The van der Waals surface area contributed by atoms with Gasteiger partial charge in [-0.2, -0.15) is 0 Å². The van der Waals surface area contributed by atoms with Gasteiger partial charge in [-0.15, -0.1) is 0 Å². The molecule has 0 atom stereocenters. The van der Waals surface area contributed by atoms with E-state index in [0.29, 0.717) is 18.0 Å². The number of nitrogens with one attached hydrogen (secondary N) is 2. The molecule has 144 valence electrons. The van der Waals surface area contributed by atoms with Crippen LogP contribution >= 0.6 is 0 Å². The predicted molar refractivity (Wildman–Crippen MR) is 112 cm³/mol. The summed E-state index contributed by atoms with van der Waals surface area (Å²) < 4.78 is 11.1. The molecule has 0 fully saturated rings. The largest absolute Gasteiger partial charge is 0.495 e. The molecule has 3 aromatic carbocycles. The van der Waals surface area contributed by atoms with Gasteiger partial charge >= 0.3 is 0 Å². The molecule has 0 aliphatic rings. The maximum Gasteiger partial charge on any atom is 0.243 e. The van der Waals surface area contributed by atoms with Crippen molar-refractivity contribution in [2.24, 2.45) is 0 Å². The summed E-state index contributed by atoms with van der Waals surface area (Å²) in [5, 5.41) is 5.96. The molecule has 3 aromatic rings. The molecule has 0 aliphatic heterocycles. The number of hydrogen-bond donors (Lipinski definition) is 2. The number of ether oxygens (including phenoxy) is 2. The fraction of sp³-hybridized carbons (Fsp3) is 0.174. The zero-order chi connectivity index (χ0) is 19.6. The maximum absolute atomic E-state index is 12.2. The molecule has 28 heavy (non-hydrogen) atoms. The first-order valence-corrected chi connectivity index (χ1v) is 9.18. The number of carbonyl (C=O) groups excluding carboxylic acids is 1.